The molecule has 1 saturated heterocycles. The van der Waals surface area contributed by atoms with Crippen LogP contribution in [0.5, 0.6) is 0 Å². The van der Waals surface area contributed by atoms with Gasteiger partial charge in [-0.1, -0.05) is 50.4 Å². The Morgan fingerprint density at radius 3 is 2.34 bits per heavy atom. The van der Waals surface area contributed by atoms with Crippen molar-refractivity contribution in [3.05, 3.63) is 15.8 Å². The maximum absolute atomic E-state index is 12.9. The highest BCUT2D eigenvalue weighted by Gasteiger charge is 2.32. The van der Waals surface area contributed by atoms with Gasteiger partial charge in [0, 0.05) is 24.5 Å². The molecule has 1 unspecified atom stereocenters. The van der Waals surface area contributed by atoms with Gasteiger partial charge in [-0.05, 0) is 52.5 Å². The maximum atomic E-state index is 12.9. The van der Waals surface area contributed by atoms with E-state index in [1.54, 1.807) is 4.90 Å². The minimum atomic E-state index is -0.445. The summed E-state index contributed by atoms with van der Waals surface area (Å²) >= 11 is 1.27. The highest BCUT2D eigenvalue weighted by molar-refractivity contribution is 7.15. The van der Waals surface area contributed by atoms with Gasteiger partial charge in [0.2, 0.25) is 5.91 Å². The van der Waals surface area contributed by atoms with E-state index in [0.29, 0.717) is 30.0 Å². The van der Waals surface area contributed by atoms with Crippen molar-refractivity contribution in [1.82, 2.24) is 0 Å². The molecule has 1 aliphatic carbocycles. The molecule has 0 spiro atoms. The minimum absolute atomic E-state index is 0.0167. The van der Waals surface area contributed by atoms with E-state index in [1.807, 2.05) is 26.8 Å². The zero-order valence-corrected chi connectivity index (χ0v) is 21.0. The molecule has 32 heavy (non-hydrogen) atoms. The zero-order valence-electron chi connectivity index (χ0n) is 20.2. The predicted molar refractivity (Wildman–Crippen MR) is 131 cm³/mol. The topological polar surface area (TPSA) is 66.8 Å². The number of methoxy groups -OCH3 is 1. The fourth-order valence-corrected chi connectivity index (χ4v) is 4.92. The summed E-state index contributed by atoms with van der Waals surface area (Å²) in [7, 11) is 1.34. The lowest BCUT2D eigenvalue weighted by Gasteiger charge is -2.32. The second-order valence-electron chi connectivity index (χ2n) is 9.63. The number of esters is 1. The third-order valence-electron chi connectivity index (χ3n) is 5.70. The highest BCUT2D eigenvalue weighted by Crippen LogP contribution is 2.35. The maximum Gasteiger partial charge on any atom is 0.350 e. The molecule has 2 fully saturated rings. The van der Waals surface area contributed by atoms with Gasteiger partial charge in [-0.2, -0.15) is 0 Å². The monoisotopic (exact) mass is 461 g/mol. The zero-order chi connectivity index (χ0) is 23.6. The van der Waals surface area contributed by atoms with Gasteiger partial charge in [-0.25, -0.2) is 4.79 Å². The molecule has 1 aliphatic heterocycles. The van der Waals surface area contributed by atoms with Gasteiger partial charge in [0.25, 0.3) is 0 Å². The number of aliphatic hydroxyl groups excluding tert-OH is 1. The van der Waals surface area contributed by atoms with Crippen LogP contribution >= 0.6 is 11.3 Å². The van der Waals surface area contributed by atoms with Crippen LogP contribution in [0.4, 0.5) is 5.69 Å². The van der Waals surface area contributed by atoms with E-state index >= 15 is 0 Å². The average molecular weight is 462 g/mol. The number of aliphatic hydroxyl groups is 1. The number of rotatable bonds is 5. The standard InChI is InChI=1S/C20H27NO4S.C6H12/c1-20(2,3)10-9-15-13-16(17(26-15)19(24)25-4)21-11-5-7-14(18(21)23)8-6-12-22;1-2-4-6-5-3-1/h13-14,22H,5-8,11-12H2,1-4H3;1-6H2. The summed E-state index contributed by atoms with van der Waals surface area (Å²) in [5, 5.41) is 9.04. The van der Waals surface area contributed by atoms with Gasteiger partial charge in [0.15, 0.2) is 0 Å². The van der Waals surface area contributed by atoms with Crippen LogP contribution in [-0.4, -0.2) is 37.2 Å². The quantitative estimate of drug-likeness (QED) is 0.445. The molecule has 1 atom stereocenters. The first-order valence-electron chi connectivity index (χ1n) is 11.9. The summed E-state index contributed by atoms with van der Waals surface area (Å²) in [5.41, 5.74) is 0.449. The molecule has 178 valence electrons. The van der Waals surface area contributed by atoms with Crippen molar-refractivity contribution in [2.75, 3.05) is 25.2 Å². The van der Waals surface area contributed by atoms with E-state index in [-0.39, 0.29) is 23.8 Å². The fraction of sp³-hybridized carbons (Fsp3) is 0.692. The van der Waals surface area contributed by atoms with E-state index in [4.69, 9.17) is 9.84 Å². The molecule has 2 aliphatic rings. The summed E-state index contributed by atoms with van der Waals surface area (Å²) in [5.74, 6) is 5.74. The number of thiophene rings is 1. The number of carbonyl (C=O) groups is 2. The normalized spacial score (nSPS) is 18.8. The van der Waals surface area contributed by atoms with Crippen molar-refractivity contribution in [2.45, 2.75) is 85.0 Å². The molecule has 1 saturated carbocycles. The molecule has 0 bridgehead atoms. The van der Waals surface area contributed by atoms with Gasteiger partial charge in [0.05, 0.1) is 17.7 Å². The molecule has 1 aromatic rings. The van der Waals surface area contributed by atoms with Crippen LogP contribution in [0.25, 0.3) is 0 Å². The van der Waals surface area contributed by atoms with Crippen molar-refractivity contribution in [2.24, 2.45) is 11.3 Å². The molecule has 0 aromatic carbocycles. The third-order valence-corrected chi connectivity index (χ3v) is 6.71. The smallest absolute Gasteiger partial charge is 0.350 e. The number of hydrogen-bond donors (Lipinski definition) is 1. The van der Waals surface area contributed by atoms with E-state index < -0.39 is 5.97 Å². The van der Waals surface area contributed by atoms with Gasteiger partial charge < -0.3 is 14.7 Å². The van der Waals surface area contributed by atoms with E-state index in [1.165, 1.54) is 57.0 Å². The first-order valence-corrected chi connectivity index (χ1v) is 12.8. The van der Waals surface area contributed by atoms with Crippen molar-refractivity contribution in [1.29, 1.82) is 0 Å². The summed E-state index contributed by atoms with van der Waals surface area (Å²) < 4.78 is 4.91. The summed E-state index contributed by atoms with van der Waals surface area (Å²) in [6.45, 7) is 6.74. The third kappa shape index (κ3) is 8.26. The van der Waals surface area contributed by atoms with Crippen molar-refractivity contribution < 1.29 is 19.4 Å². The summed E-state index contributed by atoms with van der Waals surface area (Å²) in [6, 6.07) is 1.82. The summed E-state index contributed by atoms with van der Waals surface area (Å²) in [4.78, 5) is 28.0. The highest BCUT2D eigenvalue weighted by atomic mass is 32.1. The molecular weight excluding hydrogens is 422 g/mol. The minimum Gasteiger partial charge on any atom is -0.465 e. The van der Waals surface area contributed by atoms with Gasteiger partial charge in [-0.3, -0.25) is 4.79 Å². The molecule has 1 aromatic heterocycles. The number of carbonyl (C=O) groups excluding carboxylic acids is 2. The Hall–Kier alpha value is -1.84. The van der Waals surface area contributed by atoms with E-state index in [0.717, 1.165) is 17.7 Å². The van der Waals surface area contributed by atoms with Gasteiger partial charge >= 0.3 is 5.97 Å². The van der Waals surface area contributed by atoms with Crippen molar-refractivity contribution in [3.8, 4) is 11.8 Å². The first kappa shape index (κ1) is 26.4. The van der Waals surface area contributed by atoms with E-state index in [2.05, 4.69) is 11.8 Å². The second kappa shape index (κ2) is 13.0. The average Bonchev–Trinajstić information content (AvgIpc) is 3.22. The molecular formula is C26H39NO4S. The first-order chi connectivity index (χ1) is 15.3. The van der Waals surface area contributed by atoms with Crippen LogP contribution in [0, 0.1) is 23.2 Å². The Morgan fingerprint density at radius 2 is 1.81 bits per heavy atom. The van der Waals surface area contributed by atoms with Crippen LogP contribution in [0.2, 0.25) is 0 Å². The van der Waals surface area contributed by atoms with E-state index in [9.17, 15) is 9.59 Å². The van der Waals surface area contributed by atoms with Crippen LogP contribution in [0.3, 0.4) is 0 Å². The Labute approximate surface area is 197 Å². The molecule has 1 amide bonds. The van der Waals surface area contributed by atoms with Crippen molar-refractivity contribution >= 4 is 28.9 Å². The Balaban J connectivity index is 0.000000520. The van der Waals surface area contributed by atoms with Crippen LogP contribution in [-0.2, 0) is 9.53 Å². The second-order valence-corrected chi connectivity index (χ2v) is 10.7. The molecule has 1 N–H and O–H groups in total. The number of amides is 1. The molecule has 3 rings (SSSR count). The lowest BCUT2D eigenvalue weighted by atomic mass is 9.92. The number of anilines is 1. The number of nitrogens with zero attached hydrogens (tertiary/aromatic N) is 1. The number of hydrogen-bond acceptors (Lipinski definition) is 5. The van der Waals surface area contributed by atoms with Crippen LogP contribution < -0.4 is 4.90 Å². The Morgan fingerprint density at radius 1 is 1.19 bits per heavy atom. The largest absolute Gasteiger partial charge is 0.465 e. The number of ether oxygens (including phenoxy) is 1. The molecule has 2 heterocycles. The lowest BCUT2D eigenvalue weighted by molar-refractivity contribution is -0.124. The Bertz CT molecular complexity index is 797. The SMILES string of the molecule is C1CCCCC1.COC(=O)c1sc(C#CC(C)(C)C)cc1N1CCCC(CCCO)C1=O. The molecule has 0 radical (unpaired) electrons. The van der Waals surface area contributed by atoms with Crippen LogP contribution in [0.1, 0.15) is 99.5 Å². The van der Waals surface area contributed by atoms with Crippen molar-refractivity contribution in [3.63, 3.8) is 0 Å². The van der Waals surface area contributed by atoms with Gasteiger partial charge in [0.1, 0.15) is 4.88 Å². The Kier molecular flexibility index (Phi) is 10.7. The lowest BCUT2D eigenvalue weighted by Crippen LogP contribution is -2.41. The van der Waals surface area contributed by atoms with Gasteiger partial charge in [-0.15, -0.1) is 11.3 Å². The molecule has 5 nitrogen and oxygen atoms in total. The predicted octanol–water partition coefficient (Wildman–Crippen LogP) is 5.79. The summed E-state index contributed by atoms with van der Waals surface area (Å²) in [6.07, 6.45) is 12.0. The molecule has 6 heteroatoms. The fourth-order valence-electron chi connectivity index (χ4n) is 3.99. The number of piperidine rings is 1. The van der Waals surface area contributed by atoms with Crippen LogP contribution in [0.15, 0.2) is 6.07 Å².